The molecular formula is C16H17N3O3S. The molecule has 1 aromatic heterocycles. The van der Waals surface area contributed by atoms with E-state index in [0.717, 1.165) is 10.7 Å². The summed E-state index contributed by atoms with van der Waals surface area (Å²) in [6, 6.07) is 8.00. The maximum atomic E-state index is 12.4. The highest BCUT2D eigenvalue weighted by Crippen LogP contribution is 2.25. The van der Waals surface area contributed by atoms with Gasteiger partial charge in [-0.25, -0.2) is 14.8 Å². The number of hydrogen-bond acceptors (Lipinski definition) is 5. The van der Waals surface area contributed by atoms with Crippen LogP contribution >= 0.6 is 11.8 Å². The Morgan fingerprint density at radius 2 is 2.09 bits per heavy atom. The lowest BCUT2D eigenvalue weighted by Gasteiger charge is -2.14. The summed E-state index contributed by atoms with van der Waals surface area (Å²) < 4.78 is 0. The number of carbonyl (C=O) groups excluding carboxylic acids is 1. The van der Waals surface area contributed by atoms with Crippen LogP contribution in [0.1, 0.15) is 29.4 Å². The first-order valence-corrected chi connectivity index (χ1v) is 7.97. The Morgan fingerprint density at radius 1 is 1.30 bits per heavy atom. The summed E-state index contributed by atoms with van der Waals surface area (Å²) in [5.74, 6) is -1.21. The standard InChI is InChI=1S/C16H17N3O3S/c1-3-13(23-14-7-10(2)17-9-18-14)15(20)19-12-6-4-5-11(8-12)16(21)22/h4-9,13H,3H2,1-2H3,(H,19,20)(H,21,22). The van der Waals surface area contributed by atoms with Crippen molar-refractivity contribution in [1.29, 1.82) is 0 Å². The Labute approximate surface area is 138 Å². The lowest BCUT2D eigenvalue weighted by atomic mass is 10.2. The third-order valence-electron chi connectivity index (χ3n) is 3.08. The number of thioether (sulfide) groups is 1. The Morgan fingerprint density at radius 3 is 2.74 bits per heavy atom. The monoisotopic (exact) mass is 331 g/mol. The molecule has 0 saturated heterocycles. The molecule has 0 aliphatic heterocycles. The van der Waals surface area contributed by atoms with Crippen molar-refractivity contribution in [3.05, 3.63) is 47.9 Å². The summed E-state index contributed by atoms with van der Waals surface area (Å²) in [7, 11) is 0. The van der Waals surface area contributed by atoms with Crippen LogP contribution in [0, 0.1) is 6.92 Å². The van der Waals surface area contributed by atoms with Crippen LogP contribution < -0.4 is 5.32 Å². The van der Waals surface area contributed by atoms with Gasteiger partial charge in [-0.15, -0.1) is 0 Å². The molecule has 120 valence electrons. The topological polar surface area (TPSA) is 92.2 Å². The van der Waals surface area contributed by atoms with E-state index in [1.165, 1.54) is 30.2 Å². The number of anilines is 1. The van der Waals surface area contributed by atoms with E-state index in [0.29, 0.717) is 12.1 Å². The van der Waals surface area contributed by atoms with Crippen molar-refractivity contribution in [3.8, 4) is 0 Å². The van der Waals surface area contributed by atoms with Gasteiger partial charge in [-0.05, 0) is 37.6 Å². The van der Waals surface area contributed by atoms with E-state index in [9.17, 15) is 9.59 Å². The number of aryl methyl sites for hydroxylation is 1. The maximum absolute atomic E-state index is 12.4. The van der Waals surface area contributed by atoms with Crippen LogP contribution in [-0.4, -0.2) is 32.2 Å². The summed E-state index contributed by atoms with van der Waals surface area (Å²) in [4.78, 5) is 31.5. The largest absolute Gasteiger partial charge is 0.478 e. The third-order valence-corrected chi connectivity index (χ3v) is 4.38. The minimum absolute atomic E-state index is 0.134. The van der Waals surface area contributed by atoms with Gasteiger partial charge in [0.05, 0.1) is 10.8 Å². The predicted molar refractivity (Wildman–Crippen MR) is 88.7 cm³/mol. The average molecular weight is 331 g/mol. The molecule has 6 nitrogen and oxygen atoms in total. The van der Waals surface area contributed by atoms with Crippen molar-refractivity contribution in [2.45, 2.75) is 30.5 Å². The molecule has 0 spiro atoms. The van der Waals surface area contributed by atoms with E-state index >= 15 is 0 Å². The molecule has 2 rings (SSSR count). The van der Waals surface area contributed by atoms with E-state index in [2.05, 4.69) is 15.3 Å². The number of benzene rings is 1. The third kappa shape index (κ3) is 4.79. The fraction of sp³-hybridized carbons (Fsp3) is 0.250. The molecule has 1 unspecified atom stereocenters. The number of aromatic nitrogens is 2. The highest BCUT2D eigenvalue weighted by molar-refractivity contribution is 8.00. The first-order chi connectivity index (χ1) is 11.0. The van der Waals surface area contributed by atoms with Gasteiger partial charge in [-0.3, -0.25) is 4.79 Å². The molecule has 1 amide bonds. The maximum Gasteiger partial charge on any atom is 0.335 e. The molecule has 1 heterocycles. The molecule has 0 aliphatic carbocycles. The normalized spacial score (nSPS) is 11.7. The molecule has 1 aromatic carbocycles. The fourth-order valence-electron chi connectivity index (χ4n) is 1.92. The minimum Gasteiger partial charge on any atom is -0.478 e. The summed E-state index contributed by atoms with van der Waals surface area (Å²) in [5, 5.41) is 12.2. The molecular weight excluding hydrogens is 314 g/mol. The molecule has 0 radical (unpaired) electrons. The predicted octanol–water partition coefficient (Wildman–Crippen LogP) is 2.99. The van der Waals surface area contributed by atoms with Gasteiger partial charge in [-0.2, -0.15) is 0 Å². The van der Waals surface area contributed by atoms with Gasteiger partial charge in [-0.1, -0.05) is 24.8 Å². The second kappa shape index (κ2) is 7.73. The Bertz CT molecular complexity index is 721. The summed E-state index contributed by atoms with van der Waals surface area (Å²) in [5.41, 5.74) is 1.44. The van der Waals surface area contributed by atoms with Gasteiger partial charge in [0.25, 0.3) is 0 Å². The van der Waals surface area contributed by atoms with Gasteiger partial charge >= 0.3 is 5.97 Å². The second-order valence-electron chi connectivity index (χ2n) is 4.89. The zero-order valence-corrected chi connectivity index (χ0v) is 13.6. The number of nitrogens with zero attached hydrogens (tertiary/aromatic N) is 2. The number of rotatable bonds is 6. The SMILES string of the molecule is CCC(Sc1cc(C)ncn1)C(=O)Nc1cccc(C(=O)O)c1. The number of aromatic carboxylic acids is 1. The van der Waals surface area contributed by atoms with Crippen LogP contribution in [0.5, 0.6) is 0 Å². The Hall–Kier alpha value is -2.41. The van der Waals surface area contributed by atoms with E-state index in [-0.39, 0.29) is 16.7 Å². The number of nitrogens with one attached hydrogen (secondary N) is 1. The van der Waals surface area contributed by atoms with Crippen molar-refractivity contribution < 1.29 is 14.7 Å². The minimum atomic E-state index is -1.03. The van der Waals surface area contributed by atoms with Crippen LogP contribution in [0.2, 0.25) is 0 Å². The number of carboxylic acid groups (broad SMARTS) is 1. The average Bonchev–Trinajstić information content (AvgIpc) is 2.52. The van der Waals surface area contributed by atoms with E-state index in [1.807, 2.05) is 19.9 Å². The first kappa shape index (κ1) is 17.0. The lowest BCUT2D eigenvalue weighted by molar-refractivity contribution is -0.115. The molecule has 7 heteroatoms. The zero-order chi connectivity index (χ0) is 16.8. The Kier molecular flexibility index (Phi) is 5.70. The van der Waals surface area contributed by atoms with Crippen LogP contribution in [-0.2, 0) is 4.79 Å². The van der Waals surface area contributed by atoms with Crippen molar-refractivity contribution in [3.63, 3.8) is 0 Å². The van der Waals surface area contributed by atoms with Crippen molar-refractivity contribution >= 4 is 29.3 Å². The molecule has 0 aliphatic rings. The smallest absolute Gasteiger partial charge is 0.335 e. The van der Waals surface area contributed by atoms with Gasteiger partial charge in [0.1, 0.15) is 11.4 Å². The summed E-state index contributed by atoms with van der Waals surface area (Å²) >= 11 is 1.36. The van der Waals surface area contributed by atoms with E-state index in [1.54, 1.807) is 12.1 Å². The molecule has 1 atom stereocenters. The van der Waals surface area contributed by atoms with E-state index < -0.39 is 5.97 Å². The number of carbonyl (C=O) groups is 2. The number of amides is 1. The van der Waals surface area contributed by atoms with E-state index in [4.69, 9.17) is 5.11 Å². The first-order valence-electron chi connectivity index (χ1n) is 7.09. The highest BCUT2D eigenvalue weighted by Gasteiger charge is 2.19. The van der Waals surface area contributed by atoms with Crippen LogP contribution in [0.15, 0.2) is 41.7 Å². The summed E-state index contributed by atoms with van der Waals surface area (Å²) in [6.45, 7) is 3.78. The van der Waals surface area contributed by atoms with Gasteiger partial charge < -0.3 is 10.4 Å². The zero-order valence-electron chi connectivity index (χ0n) is 12.8. The molecule has 23 heavy (non-hydrogen) atoms. The quantitative estimate of drug-likeness (QED) is 0.624. The molecule has 2 aromatic rings. The Balaban J connectivity index is 2.08. The van der Waals surface area contributed by atoms with Crippen LogP contribution in [0.3, 0.4) is 0 Å². The lowest BCUT2D eigenvalue weighted by Crippen LogP contribution is -2.24. The second-order valence-corrected chi connectivity index (χ2v) is 6.11. The van der Waals surface area contributed by atoms with Gasteiger partial charge in [0, 0.05) is 11.4 Å². The van der Waals surface area contributed by atoms with Crippen LogP contribution in [0.4, 0.5) is 5.69 Å². The van der Waals surface area contributed by atoms with Crippen molar-refractivity contribution in [2.24, 2.45) is 0 Å². The number of carboxylic acids is 1. The van der Waals surface area contributed by atoms with Gasteiger partial charge in [0.15, 0.2) is 0 Å². The highest BCUT2D eigenvalue weighted by atomic mass is 32.2. The van der Waals surface area contributed by atoms with Crippen molar-refractivity contribution in [1.82, 2.24) is 9.97 Å². The van der Waals surface area contributed by atoms with Gasteiger partial charge in [0.2, 0.25) is 5.91 Å². The molecule has 0 fully saturated rings. The molecule has 0 saturated carbocycles. The van der Waals surface area contributed by atoms with Crippen molar-refractivity contribution in [2.75, 3.05) is 5.32 Å². The fourth-order valence-corrected chi connectivity index (χ4v) is 2.89. The summed E-state index contributed by atoms with van der Waals surface area (Å²) in [6.07, 6.45) is 2.09. The molecule has 0 bridgehead atoms. The van der Waals surface area contributed by atoms with Crippen LogP contribution in [0.25, 0.3) is 0 Å². The number of hydrogen-bond donors (Lipinski definition) is 2. The molecule has 2 N–H and O–H groups in total.